The number of nitrogens with one attached hydrogen (secondary N) is 1. The van der Waals surface area contributed by atoms with Crippen LogP contribution in [0, 0.1) is 11.7 Å². The first-order valence-electron chi connectivity index (χ1n) is 13.4. The van der Waals surface area contributed by atoms with Gasteiger partial charge in [0, 0.05) is 35.5 Å². The van der Waals surface area contributed by atoms with E-state index < -0.39 is 0 Å². The zero-order valence-electron chi connectivity index (χ0n) is 21.7. The fourth-order valence-electron chi connectivity index (χ4n) is 5.31. The van der Waals surface area contributed by atoms with E-state index in [4.69, 9.17) is 0 Å². The number of carbonyl (C=O) groups is 1. The Balaban J connectivity index is 1.41. The summed E-state index contributed by atoms with van der Waals surface area (Å²) in [6.45, 7) is 6.62. The summed E-state index contributed by atoms with van der Waals surface area (Å²) < 4.78 is 15.0. The Labute approximate surface area is 213 Å². The van der Waals surface area contributed by atoms with Crippen molar-refractivity contribution in [3.05, 3.63) is 54.1 Å². The first-order chi connectivity index (χ1) is 17.3. The first-order valence-corrected chi connectivity index (χ1v) is 13.4. The number of aromatic nitrogens is 2. The Morgan fingerprint density at radius 1 is 1.00 bits per heavy atom. The van der Waals surface area contributed by atoms with Gasteiger partial charge in [0.15, 0.2) is 0 Å². The number of halogens is 1. The predicted molar refractivity (Wildman–Crippen MR) is 143 cm³/mol. The number of benzene rings is 2. The Morgan fingerprint density at radius 3 is 2.44 bits per heavy atom. The number of hydrogen-bond donors (Lipinski definition) is 1. The summed E-state index contributed by atoms with van der Waals surface area (Å²) in [4.78, 5) is 24.1. The SMILES string of the molecule is CC(C)(C)Nc1ncnc2ccc(-c3ccc(F)c(CN(C(=O)CC4CCCCC4)C4CC4)c3)cc12. The second kappa shape index (κ2) is 10.2. The molecule has 0 spiro atoms. The minimum atomic E-state index is -0.255. The number of amides is 1. The topological polar surface area (TPSA) is 58.1 Å². The molecule has 2 saturated carbocycles. The first kappa shape index (κ1) is 24.7. The zero-order valence-corrected chi connectivity index (χ0v) is 21.7. The lowest BCUT2D eigenvalue weighted by Gasteiger charge is -2.27. The molecule has 5 nitrogen and oxygen atoms in total. The molecule has 0 unspecified atom stereocenters. The quantitative estimate of drug-likeness (QED) is 0.385. The molecule has 2 fully saturated rings. The zero-order chi connectivity index (χ0) is 25.3. The van der Waals surface area contributed by atoms with Crippen molar-refractivity contribution in [3.63, 3.8) is 0 Å². The summed E-state index contributed by atoms with van der Waals surface area (Å²) in [6.07, 6.45) is 10.2. The Bertz CT molecular complexity index is 1240. The Hall–Kier alpha value is -3.02. The lowest BCUT2D eigenvalue weighted by molar-refractivity contribution is -0.133. The maximum absolute atomic E-state index is 15.0. The van der Waals surface area contributed by atoms with Crippen LogP contribution in [0.1, 0.15) is 77.7 Å². The van der Waals surface area contributed by atoms with Gasteiger partial charge in [0.2, 0.25) is 5.91 Å². The molecule has 1 N–H and O–H groups in total. The summed E-state index contributed by atoms with van der Waals surface area (Å²) in [6, 6.07) is 11.6. The highest BCUT2D eigenvalue weighted by Crippen LogP contribution is 2.34. The van der Waals surface area contributed by atoms with Gasteiger partial charge in [0.05, 0.1) is 5.52 Å². The maximum atomic E-state index is 15.0. The molecule has 1 heterocycles. The van der Waals surface area contributed by atoms with Crippen LogP contribution >= 0.6 is 0 Å². The minimum absolute atomic E-state index is 0.142. The van der Waals surface area contributed by atoms with Gasteiger partial charge >= 0.3 is 0 Å². The van der Waals surface area contributed by atoms with Gasteiger partial charge in [-0.2, -0.15) is 0 Å². The third-order valence-corrected chi connectivity index (χ3v) is 7.34. The number of carbonyl (C=O) groups excluding carboxylic acids is 1. The third kappa shape index (κ3) is 5.85. The molecule has 2 aliphatic carbocycles. The molecule has 6 heteroatoms. The highest BCUT2D eigenvalue weighted by Gasteiger charge is 2.34. The van der Waals surface area contributed by atoms with Crippen molar-refractivity contribution in [3.8, 4) is 11.1 Å². The van der Waals surface area contributed by atoms with E-state index in [1.807, 2.05) is 29.2 Å². The molecule has 0 aliphatic heterocycles. The number of nitrogens with zero attached hydrogens (tertiary/aromatic N) is 3. The highest BCUT2D eigenvalue weighted by molar-refractivity contribution is 5.92. The average molecular weight is 489 g/mol. The molecule has 2 aliphatic rings. The molecule has 0 bridgehead atoms. The third-order valence-electron chi connectivity index (χ3n) is 7.34. The van der Waals surface area contributed by atoms with Crippen LogP contribution in [0.4, 0.5) is 10.2 Å². The van der Waals surface area contributed by atoms with Crippen LogP contribution in [0.25, 0.3) is 22.0 Å². The van der Waals surface area contributed by atoms with Crippen LogP contribution in [0.5, 0.6) is 0 Å². The predicted octanol–water partition coefficient (Wildman–Crippen LogP) is 7.11. The molecule has 2 aromatic carbocycles. The van der Waals surface area contributed by atoms with E-state index in [1.54, 1.807) is 6.33 Å². The second-order valence-corrected chi connectivity index (χ2v) is 11.6. The van der Waals surface area contributed by atoms with Gasteiger partial charge in [-0.1, -0.05) is 31.4 Å². The van der Waals surface area contributed by atoms with E-state index in [0.29, 0.717) is 24.4 Å². The number of rotatable bonds is 7. The van der Waals surface area contributed by atoms with Gasteiger partial charge in [0.25, 0.3) is 0 Å². The summed E-state index contributed by atoms with van der Waals surface area (Å²) >= 11 is 0. The molecule has 0 radical (unpaired) electrons. The van der Waals surface area contributed by atoms with Crippen molar-refractivity contribution < 1.29 is 9.18 Å². The normalized spacial score (nSPS) is 16.8. The van der Waals surface area contributed by atoms with Crippen LogP contribution in [-0.2, 0) is 11.3 Å². The average Bonchev–Trinajstić information content (AvgIpc) is 3.68. The van der Waals surface area contributed by atoms with Crippen molar-refractivity contribution >= 4 is 22.6 Å². The van der Waals surface area contributed by atoms with E-state index in [9.17, 15) is 9.18 Å². The van der Waals surface area contributed by atoms with Crippen molar-refractivity contribution in [2.75, 3.05) is 5.32 Å². The van der Waals surface area contributed by atoms with E-state index >= 15 is 0 Å². The van der Waals surface area contributed by atoms with Crippen molar-refractivity contribution in [2.24, 2.45) is 5.92 Å². The molecule has 0 saturated heterocycles. The van der Waals surface area contributed by atoms with Gasteiger partial charge < -0.3 is 10.2 Å². The smallest absolute Gasteiger partial charge is 0.223 e. The lowest BCUT2D eigenvalue weighted by Crippen LogP contribution is -2.34. The molecule has 1 aromatic heterocycles. The molecule has 3 aromatic rings. The molecule has 36 heavy (non-hydrogen) atoms. The van der Waals surface area contributed by atoms with Crippen LogP contribution in [0.3, 0.4) is 0 Å². The number of anilines is 1. The number of fused-ring (bicyclic) bond motifs is 1. The number of hydrogen-bond acceptors (Lipinski definition) is 4. The molecule has 5 rings (SSSR count). The van der Waals surface area contributed by atoms with E-state index in [1.165, 1.54) is 25.3 Å². The lowest BCUT2D eigenvalue weighted by atomic mass is 9.86. The fourth-order valence-corrected chi connectivity index (χ4v) is 5.31. The van der Waals surface area contributed by atoms with Crippen molar-refractivity contribution in [1.29, 1.82) is 0 Å². The molecule has 190 valence electrons. The van der Waals surface area contributed by atoms with E-state index in [0.717, 1.165) is 53.5 Å². The largest absolute Gasteiger partial charge is 0.365 e. The summed E-state index contributed by atoms with van der Waals surface area (Å²) in [5.74, 6) is 1.20. The fraction of sp³-hybridized carbons (Fsp3) is 0.500. The molecule has 0 atom stereocenters. The summed E-state index contributed by atoms with van der Waals surface area (Å²) in [5, 5.41) is 4.39. The van der Waals surface area contributed by atoms with Gasteiger partial charge in [-0.25, -0.2) is 14.4 Å². The molecular weight excluding hydrogens is 451 g/mol. The van der Waals surface area contributed by atoms with Crippen LogP contribution < -0.4 is 5.32 Å². The van der Waals surface area contributed by atoms with E-state index in [-0.39, 0.29) is 23.3 Å². The Morgan fingerprint density at radius 2 is 1.72 bits per heavy atom. The van der Waals surface area contributed by atoms with Crippen LogP contribution in [0.2, 0.25) is 0 Å². The monoisotopic (exact) mass is 488 g/mol. The molecular formula is C30H37FN4O. The van der Waals surface area contributed by atoms with Crippen LogP contribution in [0.15, 0.2) is 42.7 Å². The Kier molecular flexibility index (Phi) is 6.96. The van der Waals surface area contributed by atoms with Gasteiger partial charge in [-0.15, -0.1) is 0 Å². The summed E-state index contributed by atoms with van der Waals surface area (Å²) in [7, 11) is 0. The van der Waals surface area contributed by atoms with E-state index in [2.05, 4.69) is 42.1 Å². The molecule has 1 amide bonds. The summed E-state index contributed by atoms with van der Waals surface area (Å²) in [5.41, 5.74) is 3.19. The van der Waals surface area contributed by atoms with Crippen molar-refractivity contribution in [2.45, 2.75) is 90.3 Å². The van der Waals surface area contributed by atoms with Crippen LogP contribution in [-0.4, -0.2) is 32.4 Å². The highest BCUT2D eigenvalue weighted by atomic mass is 19.1. The minimum Gasteiger partial charge on any atom is -0.365 e. The standard InChI is InChI=1S/C30H37FN4O/c1-30(2,3)34-29-25-17-22(10-14-27(25)32-19-33-29)21-9-13-26(31)23(16-21)18-35(24-11-12-24)28(36)15-20-7-5-4-6-8-20/h9-10,13-14,16-17,19-20,24H,4-8,11-12,15,18H2,1-3H3,(H,32,33,34). The second-order valence-electron chi connectivity index (χ2n) is 11.6. The van der Waals surface area contributed by atoms with Gasteiger partial charge in [-0.05, 0) is 87.8 Å². The maximum Gasteiger partial charge on any atom is 0.223 e. The van der Waals surface area contributed by atoms with Crippen molar-refractivity contribution in [1.82, 2.24) is 14.9 Å². The van der Waals surface area contributed by atoms with Gasteiger partial charge in [0.1, 0.15) is 18.0 Å². The van der Waals surface area contributed by atoms with Gasteiger partial charge in [-0.3, -0.25) is 4.79 Å².